The number of hydrogen-bond donors (Lipinski definition) is 2. The second kappa shape index (κ2) is 5.15. The van der Waals surface area contributed by atoms with Crippen LogP contribution in [0.5, 0.6) is 0 Å². The molecule has 0 fully saturated rings. The van der Waals surface area contributed by atoms with Crippen molar-refractivity contribution in [1.29, 1.82) is 0 Å². The molecule has 0 aliphatic heterocycles. The van der Waals surface area contributed by atoms with Crippen molar-refractivity contribution in [2.24, 2.45) is 0 Å². The van der Waals surface area contributed by atoms with Gasteiger partial charge in [-0.2, -0.15) is 0 Å². The minimum absolute atomic E-state index is 0.131. The second-order valence-electron chi connectivity index (χ2n) is 5.50. The first-order valence-corrected chi connectivity index (χ1v) is 7.90. The first-order chi connectivity index (χ1) is 11.1. The zero-order valence-electron chi connectivity index (χ0n) is 12.2. The van der Waals surface area contributed by atoms with Gasteiger partial charge in [0.2, 0.25) is 0 Å². The summed E-state index contributed by atoms with van der Waals surface area (Å²) in [5, 5.41) is 2.12. The summed E-state index contributed by atoms with van der Waals surface area (Å²) in [4.78, 5) is 18.7. The fourth-order valence-electron chi connectivity index (χ4n) is 2.99. The van der Waals surface area contributed by atoms with Crippen LogP contribution in [-0.2, 0) is 0 Å². The number of pyridine rings is 1. The summed E-state index contributed by atoms with van der Waals surface area (Å²) in [5.74, 6) is 0. The van der Waals surface area contributed by atoms with E-state index in [0.717, 1.165) is 33.1 Å². The lowest BCUT2D eigenvalue weighted by molar-refractivity contribution is 1.24. The van der Waals surface area contributed by atoms with Crippen molar-refractivity contribution >= 4 is 45.1 Å². The molecule has 0 bridgehead atoms. The molecule has 0 aliphatic carbocycles. The van der Waals surface area contributed by atoms with Gasteiger partial charge in [-0.25, -0.2) is 0 Å². The average Bonchev–Trinajstić information content (AvgIpc) is 2.87. The lowest BCUT2D eigenvalue weighted by Gasteiger charge is -2.09. The van der Waals surface area contributed by atoms with Crippen molar-refractivity contribution in [3.8, 4) is 11.1 Å². The van der Waals surface area contributed by atoms with Gasteiger partial charge >= 0.3 is 0 Å². The summed E-state index contributed by atoms with van der Waals surface area (Å²) in [6.07, 6.45) is 0. The third-order valence-electron chi connectivity index (χ3n) is 4.11. The minimum Gasteiger partial charge on any atom is -0.353 e. The number of halogens is 2. The van der Waals surface area contributed by atoms with Crippen LogP contribution in [0.4, 0.5) is 0 Å². The van der Waals surface area contributed by atoms with Crippen molar-refractivity contribution in [3.63, 3.8) is 0 Å². The minimum atomic E-state index is -0.131. The van der Waals surface area contributed by atoms with Crippen LogP contribution in [0.2, 0.25) is 10.0 Å². The zero-order valence-corrected chi connectivity index (χ0v) is 13.7. The number of hydrogen-bond acceptors (Lipinski definition) is 1. The quantitative estimate of drug-likeness (QED) is 0.485. The Balaban J connectivity index is 2.23. The number of benzene rings is 2. The molecule has 2 aromatic carbocycles. The van der Waals surface area contributed by atoms with Crippen molar-refractivity contribution in [1.82, 2.24) is 9.97 Å². The average molecular weight is 343 g/mol. The number of aromatic nitrogens is 2. The van der Waals surface area contributed by atoms with Gasteiger partial charge < -0.3 is 9.97 Å². The highest BCUT2D eigenvalue weighted by Crippen LogP contribution is 2.36. The molecule has 0 amide bonds. The highest BCUT2D eigenvalue weighted by atomic mass is 35.5. The van der Waals surface area contributed by atoms with Crippen molar-refractivity contribution < 1.29 is 0 Å². The van der Waals surface area contributed by atoms with E-state index in [9.17, 15) is 4.79 Å². The lowest BCUT2D eigenvalue weighted by Crippen LogP contribution is -2.11. The first kappa shape index (κ1) is 14.4. The molecule has 4 aromatic rings. The molecule has 0 saturated carbocycles. The predicted molar refractivity (Wildman–Crippen MR) is 96.6 cm³/mol. The molecular formula is C18H12Cl2N2O. The molecular weight excluding hydrogens is 331 g/mol. The molecule has 3 nitrogen and oxygen atoms in total. The van der Waals surface area contributed by atoms with E-state index < -0.39 is 0 Å². The highest BCUT2D eigenvalue weighted by Gasteiger charge is 2.17. The maximum atomic E-state index is 12.4. The normalized spacial score (nSPS) is 11.4. The number of rotatable bonds is 1. The molecule has 0 unspecified atom stereocenters. The smallest absolute Gasteiger partial charge is 0.252 e. The predicted octanol–water partition coefficient (Wildman–Crippen LogP) is 5.29. The van der Waals surface area contributed by atoms with E-state index in [1.54, 1.807) is 6.92 Å². The third-order valence-corrected chi connectivity index (χ3v) is 4.67. The Hall–Kier alpha value is -2.23. The van der Waals surface area contributed by atoms with E-state index in [0.29, 0.717) is 15.6 Å². The second-order valence-corrected chi connectivity index (χ2v) is 6.34. The van der Waals surface area contributed by atoms with Crippen LogP contribution in [0.1, 0.15) is 5.56 Å². The van der Waals surface area contributed by atoms with Gasteiger partial charge in [0, 0.05) is 37.6 Å². The van der Waals surface area contributed by atoms with Crippen LogP contribution in [0.25, 0.3) is 33.1 Å². The third kappa shape index (κ3) is 2.16. The summed E-state index contributed by atoms with van der Waals surface area (Å²) in [7, 11) is 0. The Morgan fingerprint density at radius 1 is 0.957 bits per heavy atom. The summed E-state index contributed by atoms with van der Waals surface area (Å²) < 4.78 is 0. The van der Waals surface area contributed by atoms with Crippen molar-refractivity contribution in [3.05, 3.63) is 68.4 Å². The van der Waals surface area contributed by atoms with Gasteiger partial charge in [0.25, 0.3) is 5.56 Å². The van der Waals surface area contributed by atoms with Gasteiger partial charge in [-0.1, -0.05) is 41.4 Å². The largest absolute Gasteiger partial charge is 0.353 e. The first-order valence-electron chi connectivity index (χ1n) is 7.15. The van der Waals surface area contributed by atoms with Gasteiger partial charge in [-0.3, -0.25) is 4.79 Å². The molecule has 23 heavy (non-hydrogen) atoms. The number of H-pyrrole nitrogens is 2. The van der Waals surface area contributed by atoms with Crippen LogP contribution >= 0.6 is 23.2 Å². The zero-order chi connectivity index (χ0) is 16.1. The van der Waals surface area contributed by atoms with E-state index in [4.69, 9.17) is 23.2 Å². The maximum Gasteiger partial charge on any atom is 0.252 e. The molecule has 0 aliphatic rings. The Morgan fingerprint density at radius 3 is 2.52 bits per heavy atom. The number of aromatic amines is 2. The van der Waals surface area contributed by atoms with Gasteiger partial charge in [0.1, 0.15) is 0 Å². The number of fused-ring (bicyclic) bond motifs is 3. The molecule has 0 spiro atoms. The monoisotopic (exact) mass is 342 g/mol. The standard InChI is InChI=1S/C18H12Cl2N2O/c1-9-15(11-4-2-3-5-13(11)20)17-16(22-18(9)23)12-8-10(19)6-7-14(12)21-17/h2-8,21H,1H3,(H,22,23). The summed E-state index contributed by atoms with van der Waals surface area (Å²) in [6.45, 7) is 1.80. The van der Waals surface area contributed by atoms with E-state index in [1.165, 1.54) is 0 Å². The SMILES string of the molecule is Cc1c(-c2ccccc2Cl)c2[nH]c3ccc(Cl)cc3c2[nH]c1=O. The van der Waals surface area contributed by atoms with Crippen LogP contribution in [0, 0.1) is 6.92 Å². The van der Waals surface area contributed by atoms with Crippen molar-refractivity contribution in [2.45, 2.75) is 6.92 Å². The molecule has 2 N–H and O–H groups in total. The number of nitrogens with one attached hydrogen (secondary N) is 2. The topological polar surface area (TPSA) is 48.6 Å². The Kier molecular flexibility index (Phi) is 3.22. The molecule has 2 heterocycles. The molecule has 0 saturated heterocycles. The van der Waals surface area contributed by atoms with Crippen LogP contribution in [0.3, 0.4) is 0 Å². The van der Waals surface area contributed by atoms with Gasteiger partial charge in [0.05, 0.1) is 11.0 Å². The molecule has 0 atom stereocenters. The molecule has 114 valence electrons. The molecule has 0 radical (unpaired) electrons. The summed E-state index contributed by atoms with van der Waals surface area (Å²) in [6, 6.07) is 13.1. The van der Waals surface area contributed by atoms with E-state index >= 15 is 0 Å². The van der Waals surface area contributed by atoms with Gasteiger partial charge in [0.15, 0.2) is 0 Å². The molecule has 5 heteroatoms. The summed E-state index contributed by atoms with van der Waals surface area (Å²) in [5.41, 5.74) is 4.66. The Labute approximate surface area is 141 Å². The van der Waals surface area contributed by atoms with E-state index in [2.05, 4.69) is 9.97 Å². The molecule has 4 rings (SSSR count). The van der Waals surface area contributed by atoms with Gasteiger partial charge in [-0.15, -0.1) is 0 Å². The fraction of sp³-hybridized carbons (Fsp3) is 0.0556. The Morgan fingerprint density at radius 2 is 1.74 bits per heavy atom. The Bertz CT molecular complexity index is 1130. The van der Waals surface area contributed by atoms with Crippen LogP contribution in [0.15, 0.2) is 47.3 Å². The van der Waals surface area contributed by atoms with Gasteiger partial charge in [-0.05, 0) is 31.2 Å². The molecule has 2 aromatic heterocycles. The fourth-order valence-corrected chi connectivity index (χ4v) is 3.39. The van der Waals surface area contributed by atoms with E-state index in [1.807, 2.05) is 42.5 Å². The van der Waals surface area contributed by atoms with Crippen LogP contribution < -0.4 is 5.56 Å². The van der Waals surface area contributed by atoms with Crippen molar-refractivity contribution in [2.75, 3.05) is 0 Å². The highest BCUT2D eigenvalue weighted by molar-refractivity contribution is 6.34. The van der Waals surface area contributed by atoms with E-state index in [-0.39, 0.29) is 5.56 Å². The maximum absolute atomic E-state index is 12.4. The lowest BCUT2D eigenvalue weighted by atomic mass is 10.0. The van der Waals surface area contributed by atoms with Crippen LogP contribution in [-0.4, -0.2) is 9.97 Å². The summed E-state index contributed by atoms with van der Waals surface area (Å²) >= 11 is 12.5.